The summed E-state index contributed by atoms with van der Waals surface area (Å²) >= 11 is 6.31. The second-order valence-electron chi connectivity index (χ2n) is 4.80. The van der Waals surface area contributed by atoms with E-state index in [1.54, 1.807) is 18.5 Å². The fourth-order valence-corrected chi connectivity index (χ4v) is 2.72. The van der Waals surface area contributed by atoms with Gasteiger partial charge in [-0.15, -0.1) is 0 Å². The van der Waals surface area contributed by atoms with Crippen molar-refractivity contribution >= 4 is 11.6 Å². The Kier molecular flexibility index (Phi) is 3.74. The number of benzene rings is 2. The van der Waals surface area contributed by atoms with Crippen LogP contribution in [0.5, 0.6) is 0 Å². The molecule has 0 unspecified atom stereocenters. The number of aromatic nitrogens is 1. The maximum Gasteiger partial charge on any atom is 0.143 e. The molecule has 21 heavy (non-hydrogen) atoms. The van der Waals surface area contributed by atoms with Crippen molar-refractivity contribution in [2.75, 3.05) is 0 Å². The predicted octanol–water partition coefficient (Wildman–Crippen LogP) is 4.02. The quantitative estimate of drug-likeness (QED) is 0.792. The van der Waals surface area contributed by atoms with E-state index in [9.17, 15) is 5.11 Å². The molecule has 0 aliphatic heterocycles. The van der Waals surface area contributed by atoms with Gasteiger partial charge in [-0.25, -0.2) is 0 Å². The molecule has 1 N–H and O–H groups in total. The number of hydrogen-bond donors (Lipinski definition) is 1. The minimum atomic E-state index is -1.33. The highest BCUT2D eigenvalue weighted by Gasteiger charge is 2.35. The molecular formula is C18H14ClNO. The van der Waals surface area contributed by atoms with E-state index in [-0.39, 0.29) is 0 Å². The molecule has 0 atom stereocenters. The summed E-state index contributed by atoms with van der Waals surface area (Å²) in [7, 11) is 0. The lowest BCUT2D eigenvalue weighted by Crippen LogP contribution is -2.29. The highest BCUT2D eigenvalue weighted by atomic mass is 35.5. The monoisotopic (exact) mass is 295 g/mol. The first kappa shape index (κ1) is 13.8. The minimum Gasteiger partial charge on any atom is -0.376 e. The zero-order valence-electron chi connectivity index (χ0n) is 11.3. The smallest absolute Gasteiger partial charge is 0.143 e. The van der Waals surface area contributed by atoms with E-state index in [2.05, 4.69) is 4.98 Å². The highest BCUT2D eigenvalue weighted by Crippen LogP contribution is 2.39. The van der Waals surface area contributed by atoms with Crippen LogP contribution in [0.25, 0.3) is 0 Å². The van der Waals surface area contributed by atoms with Crippen LogP contribution in [-0.4, -0.2) is 10.1 Å². The lowest BCUT2D eigenvalue weighted by atomic mass is 9.81. The fourth-order valence-electron chi connectivity index (χ4n) is 2.48. The van der Waals surface area contributed by atoms with Crippen LogP contribution in [0.3, 0.4) is 0 Å². The largest absolute Gasteiger partial charge is 0.376 e. The summed E-state index contributed by atoms with van der Waals surface area (Å²) in [5, 5.41) is 12.0. The number of pyridine rings is 1. The Morgan fingerprint density at radius 1 is 0.810 bits per heavy atom. The van der Waals surface area contributed by atoms with Crippen molar-refractivity contribution < 1.29 is 5.11 Å². The fraction of sp³-hybridized carbons (Fsp3) is 0.0556. The normalized spacial score (nSPS) is 11.3. The Morgan fingerprint density at radius 2 is 1.33 bits per heavy atom. The molecule has 104 valence electrons. The lowest BCUT2D eigenvalue weighted by Gasteiger charge is -2.30. The van der Waals surface area contributed by atoms with Gasteiger partial charge < -0.3 is 5.11 Å². The van der Waals surface area contributed by atoms with Crippen LogP contribution in [0.15, 0.2) is 79.1 Å². The van der Waals surface area contributed by atoms with Crippen molar-refractivity contribution in [1.29, 1.82) is 0 Å². The molecule has 0 radical (unpaired) electrons. The maximum atomic E-state index is 11.5. The minimum absolute atomic E-state index is 0.486. The third-order valence-corrected chi connectivity index (χ3v) is 3.87. The number of halogens is 1. The first-order valence-corrected chi connectivity index (χ1v) is 7.04. The van der Waals surface area contributed by atoms with Crippen molar-refractivity contribution in [3.05, 3.63) is 101 Å². The van der Waals surface area contributed by atoms with Gasteiger partial charge in [-0.05, 0) is 17.2 Å². The van der Waals surface area contributed by atoms with E-state index in [0.29, 0.717) is 10.6 Å². The van der Waals surface area contributed by atoms with Gasteiger partial charge in [0.2, 0.25) is 0 Å². The molecule has 3 aromatic rings. The summed E-state index contributed by atoms with van der Waals surface area (Å²) in [6, 6.07) is 20.6. The number of nitrogens with zero attached hydrogens (tertiary/aromatic N) is 1. The Balaban J connectivity index is 2.29. The molecular weight excluding hydrogens is 282 g/mol. The summed E-state index contributed by atoms with van der Waals surface area (Å²) in [4.78, 5) is 4.12. The van der Waals surface area contributed by atoms with Crippen LogP contribution in [0.1, 0.15) is 16.7 Å². The summed E-state index contributed by atoms with van der Waals surface area (Å²) in [6.07, 6.45) is 3.23. The topological polar surface area (TPSA) is 33.1 Å². The first-order valence-electron chi connectivity index (χ1n) is 6.66. The van der Waals surface area contributed by atoms with Gasteiger partial charge in [0.25, 0.3) is 0 Å². The lowest BCUT2D eigenvalue weighted by molar-refractivity contribution is 0.125. The van der Waals surface area contributed by atoms with Crippen LogP contribution in [0, 0.1) is 0 Å². The highest BCUT2D eigenvalue weighted by molar-refractivity contribution is 6.31. The summed E-state index contributed by atoms with van der Waals surface area (Å²) in [5.74, 6) is 0. The molecule has 0 aliphatic rings. The molecule has 2 aromatic carbocycles. The maximum absolute atomic E-state index is 11.5. The molecule has 3 rings (SSSR count). The molecule has 0 aliphatic carbocycles. The Hall–Kier alpha value is -2.16. The Labute approximate surface area is 128 Å². The second kappa shape index (κ2) is 5.68. The molecule has 0 amide bonds. The average Bonchev–Trinajstić information content (AvgIpc) is 2.56. The summed E-state index contributed by atoms with van der Waals surface area (Å²) in [6.45, 7) is 0. The van der Waals surface area contributed by atoms with Gasteiger partial charge >= 0.3 is 0 Å². The first-order chi connectivity index (χ1) is 10.2. The predicted molar refractivity (Wildman–Crippen MR) is 84.2 cm³/mol. The molecule has 0 fully saturated rings. The van der Waals surface area contributed by atoms with Crippen molar-refractivity contribution in [2.24, 2.45) is 0 Å². The SMILES string of the molecule is OC(c1ccccc1)(c1ccccc1)c1cnccc1Cl. The average molecular weight is 296 g/mol. The molecule has 2 nitrogen and oxygen atoms in total. The van der Waals surface area contributed by atoms with Crippen LogP contribution in [0.2, 0.25) is 5.02 Å². The summed E-state index contributed by atoms with van der Waals surface area (Å²) < 4.78 is 0. The zero-order chi connectivity index (χ0) is 14.7. The van der Waals surface area contributed by atoms with E-state index >= 15 is 0 Å². The molecule has 0 saturated carbocycles. The van der Waals surface area contributed by atoms with Gasteiger partial charge in [-0.3, -0.25) is 4.98 Å². The van der Waals surface area contributed by atoms with Gasteiger partial charge in [0.15, 0.2) is 0 Å². The Morgan fingerprint density at radius 3 is 1.81 bits per heavy atom. The van der Waals surface area contributed by atoms with Gasteiger partial charge in [0.1, 0.15) is 5.60 Å². The van der Waals surface area contributed by atoms with E-state index < -0.39 is 5.60 Å². The van der Waals surface area contributed by atoms with Crippen LogP contribution in [0.4, 0.5) is 0 Å². The van der Waals surface area contributed by atoms with Crippen molar-refractivity contribution in [2.45, 2.75) is 5.60 Å². The summed E-state index contributed by atoms with van der Waals surface area (Å²) in [5.41, 5.74) is 0.759. The number of rotatable bonds is 3. The van der Waals surface area contributed by atoms with Gasteiger partial charge in [-0.2, -0.15) is 0 Å². The third kappa shape index (κ3) is 2.44. The zero-order valence-corrected chi connectivity index (χ0v) is 12.0. The van der Waals surface area contributed by atoms with Crippen molar-refractivity contribution in [3.8, 4) is 0 Å². The van der Waals surface area contributed by atoms with E-state index in [1.165, 1.54) is 0 Å². The van der Waals surface area contributed by atoms with Crippen LogP contribution >= 0.6 is 11.6 Å². The molecule has 1 heterocycles. The molecule has 3 heteroatoms. The van der Waals surface area contributed by atoms with E-state index in [4.69, 9.17) is 11.6 Å². The molecule has 0 spiro atoms. The molecule has 1 aromatic heterocycles. The standard InChI is InChI=1S/C18H14ClNO/c19-17-11-12-20-13-16(17)18(21,14-7-3-1-4-8-14)15-9-5-2-6-10-15/h1-13,21H. The number of aliphatic hydroxyl groups is 1. The van der Waals surface area contributed by atoms with Gasteiger partial charge in [0.05, 0.1) is 5.02 Å². The Bertz CT molecular complexity index is 689. The van der Waals surface area contributed by atoms with Crippen LogP contribution < -0.4 is 0 Å². The van der Waals surface area contributed by atoms with Crippen molar-refractivity contribution in [3.63, 3.8) is 0 Å². The van der Waals surface area contributed by atoms with E-state index in [0.717, 1.165) is 11.1 Å². The van der Waals surface area contributed by atoms with Gasteiger partial charge in [0, 0.05) is 18.0 Å². The van der Waals surface area contributed by atoms with Gasteiger partial charge in [-0.1, -0.05) is 72.3 Å². The van der Waals surface area contributed by atoms with E-state index in [1.807, 2.05) is 60.7 Å². The number of hydrogen-bond acceptors (Lipinski definition) is 2. The second-order valence-corrected chi connectivity index (χ2v) is 5.21. The molecule has 0 bridgehead atoms. The molecule has 0 saturated heterocycles. The third-order valence-electron chi connectivity index (χ3n) is 3.54. The van der Waals surface area contributed by atoms with Crippen molar-refractivity contribution in [1.82, 2.24) is 4.98 Å². The van der Waals surface area contributed by atoms with Crippen LogP contribution in [-0.2, 0) is 5.60 Å².